The highest BCUT2D eigenvalue weighted by Gasteiger charge is 2.38. The predicted molar refractivity (Wildman–Crippen MR) is 187 cm³/mol. The van der Waals surface area contributed by atoms with E-state index in [0.717, 1.165) is 43.2 Å². The van der Waals surface area contributed by atoms with Crippen LogP contribution in [-0.4, -0.2) is 102 Å². The van der Waals surface area contributed by atoms with Crippen LogP contribution in [-0.2, 0) is 23.9 Å². The maximum absolute atomic E-state index is 14.0. The number of rotatable bonds is 7. The SMILES string of the molecule is CC.CNc1c(Cl)cc(C[C@@H](NC(=O)N2CCC(N3Cc4cscc4NC3=O)CC2)C(=O)N2CCC(N3CCCC3)CC2)cc1C(F)(F)F. The molecule has 6 rings (SSSR count). The second-order valence-electron chi connectivity index (χ2n) is 12.8. The van der Waals surface area contributed by atoms with E-state index in [1.807, 2.05) is 24.6 Å². The number of likely N-dealkylation sites (tertiary alicyclic amines) is 3. The number of thiophene rings is 1. The Morgan fingerprint density at radius 3 is 2.24 bits per heavy atom. The fourth-order valence-corrected chi connectivity index (χ4v) is 8.50. The average Bonchev–Trinajstić information content (AvgIpc) is 3.80. The lowest BCUT2D eigenvalue weighted by Crippen LogP contribution is -2.57. The van der Waals surface area contributed by atoms with Crippen LogP contribution in [0, 0.1) is 0 Å². The summed E-state index contributed by atoms with van der Waals surface area (Å²) in [6, 6.07) is 1.10. The number of alkyl halides is 3. The van der Waals surface area contributed by atoms with Crippen molar-refractivity contribution in [3.8, 4) is 0 Å². The number of anilines is 2. The highest BCUT2D eigenvalue weighted by molar-refractivity contribution is 7.08. The van der Waals surface area contributed by atoms with Crippen LogP contribution in [0.15, 0.2) is 22.9 Å². The third-order valence-electron chi connectivity index (χ3n) is 9.95. The Bertz CT molecular complexity index is 1470. The van der Waals surface area contributed by atoms with E-state index in [9.17, 15) is 27.6 Å². The van der Waals surface area contributed by atoms with Crippen LogP contribution in [0.1, 0.15) is 69.1 Å². The van der Waals surface area contributed by atoms with Crippen LogP contribution in [0.25, 0.3) is 0 Å². The summed E-state index contributed by atoms with van der Waals surface area (Å²) in [5, 5.41) is 12.2. The van der Waals surface area contributed by atoms with Gasteiger partial charge in [-0.25, -0.2) is 9.59 Å². The zero-order valence-electron chi connectivity index (χ0n) is 28.4. The van der Waals surface area contributed by atoms with Crippen molar-refractivity contribution in [3.05, 3.63) is 44.6 Å². The van der Waals surface area contributed by atoms with Gasteiger partial charge in [-0.1, -0.05) is 25.4 Å². The second kappa shape index (κ2) is 16.2. The fraction of sp³-hybridized carbons (Fsp3) is 0.618. The molecule has 0 unspecified atom stereocenters. The number of hydrogen-bond donors (Lipinski definition) is 3. The topological polar surface area (TPSA) is 100 Å². The van der Waals surface area contributed by atoms with Gasteiger partial charge < -0.3 is 35.6 Å². The predicted octanol–water partition coefficient (Wildman–Crippen LogP) is 6.71. The van der Waals surface area contributed by atoms with Crippen molar-refractivity contribution < 1.29 is 27.6 Å². The van der Waals surface area contributed by atoms with E-state index in [-0.39, 0.29) is 40.7 Å². The standard InChI is InChI=1S/C32H41ClF3N7O3S.C2H6/c1-37-28-24(32(34,35)36)14-20(15-25(28)33)16-26(29(44)41-10-4-22(5-11-41)40-8-2-3-9-40)38-30(45)42-12-6-23(7-13-42)43-17-21-18-47-19-27(21)39-31(43)46;1-2/h14-15,18-19,22-23,26,37H,2-13,16-17H2,1H3,(H,38,45)(H,39,46);1-2H3/t26-;/m1./s1. The molecule has 5 heterocycles. The lowest BCUT2D eigenvalue weighted by molar-refractivity contribution is -0.137. The Morgan fingerprint density at radius 2 is 1.61 bits per heavy atom. The van der Waals surface area contributed by atoms with Gasteiger partial charge in [0.1, 0.15) is 6.04 Å². The van der Waals surface area contributed by atoms with Crippen LogP contribution in [0.4, 0.5) is 34.1 Å². The molecule has 0 aliphatic carbocycles. The van der Waals surface area contributed by atoms with Crippen molar-refractivity contribution in [2.24, 2.45) is 0 Å². The number of hydrogen-bond acceptors (Lipinski definition) is 6. The van der Waals surface area contributed by atoms with Gasteiger partial charge in [-0.3, -0.25) is 4.79 Å². The van der Waals surface area contributed by atoms with Crippen molar-refractivity contribution in [2.45, 2.75) is 89.6 Å². The van der Waals surface area contributed by atoms with Crippen LogP contribution < -0.4 is 16.0 Å². The van der Waals surface area contributed by atoms with Crippen LogP contribution in [0.3, 0.4) is 0 Å². The fourth-order valence-electron chi connectivity index (χ4n) is 7.39. The van der Waals surface area contributed by atoms with Crippen molar-refractivity contribution >= 4 is 52.3 Å². The first kappa shape index (κ1) is 37.0. The minimum absolute atomic E-state index is 0.0462. The van der Waals surface area contributed by atoms with E-state index in [4.69, 9.17) is 11.6 Å². The molecule has 5 amide bonds. The lowest BCUT2D eigenvalue weighted by atomic mass is 9.98. The number of amides is 5. The van der Waals surface area contributed by atoms with Gasteiger partial charge >= 0.3 is 18.2 Å². The number of urea groups is 2. The number of carbonyl (C=O) groups is 3. The zero-order valence-corrected chi connectivity index (χ0v) is 29.9. The van der Waals surface area contributed by atoms with Gasteiger partial charge in [0.05, 0.1) is 28.5 Å². The lowest BCUT2D eigenvalue weighted by Gasteiger charge is -2.41. The van der Waals surface area contributed by atoms with E-state index in [2.05, 4.69) is 20.9 Å². The molecule has 1 aromatic heterocycles. The summed E-state index contributed by atoms with van der Waals surface area (Å²) in [6.07, 6.45) is 0.323. The van der Waals surface area contributed by atoms with Gasteiger partial charge in [0.25, 0.3) is 0 Å². The third-order valence-corrected chi connectivity index (χ3v) is 11.0. The molecule has 3 saturated heterocycles. The molecule has 10 nitrogen and oxygen atoms in total. The first-order valence-electron chi connectivity index (χ1n) is 17.3. The summed E-state index contributed by atoms with van der Waals surface area (Å²) < 4.78 is 41.9. The van der Waals surface area contributed by atoms with Gasteiger partial charge in [0.2, 0.25) is 5.91 Å². The number of nitrogens with zero attached hydrogens (tertiary/aromatic N) is 4. The summed E-state index contributed by atoms with van der Waals surface area (Å²) in [5.41, 5.74) is 0.948. The molecule has 270 valence electrons. The van der Waals surface area contributed by atoms with Gasteiger partial charge in [-0.05, 0) is 74.7 Å². The number of fused-ring (bicyclic) bond motifs is 1. The number of nitrogens with one attached hydrogen (secondary N) is 3. The van der Waals surface area contributed by atoms with Gasteiger partial charge in [-0.15, -0.1) is 11.3 Å². The van der Waals surface area contributed by atoms with E-state index < -0.39 is 23.8 Å². The number of piperidine rings is 2. The summed E-state index contributed by atoms with van der Waals surface area (Å²) in [4.78, 5) is 48.0. The minimum atomic E-state index is -4.67. The molecule has 49 heavy (non-hydrogen) atoms. The molecular weight excluding hydrogens is 679 g/mol. The Balaban J connectivity index is 0.00000230. The molecule has 0 bridgehead atoms. The molecule has 4 aliphatic rings. The van der Waals surface area contributed by atoms with E-state index in [1.165, 1.54) is 37.3 Å². The Morgan fingerprint density at radius 1 is 0.980 bits per heavy atom. The second-order valence-corrected chi connectivity index (χ2v) is 14.0. The summed E-state index contributed by atoms with van der Waals surface area (Å²) >= 11 is 7.81. The van der Waals surface area contributed by atoms with Crippen LogP contribution in [0.5, 0.6) is 0 Å². The van der Waals surface area contributed by atoms with Crippen LogP contribution in [0.2, 0.25) is 5.02 Å². The number of halogens is 4. The molecule has 1 aromatic carbocycles. The molecule has 2 aromatic rings. The first-order chi connectivity index (χ1) is 23.5. The monoisotopic (exact) mass is 725 g/mol. The quantitative estimate of drug-likeness (QED) is 0.295. The summed E-state index contributed by atoms with van der Waals surface area (Å²) in [5.74, 6) is -0.313. The van der Waals surface area contributed by atoms with E-state index in [1.54, 1.807) is 14.7 Å². The minimum Gasteiger partial charge on any atom is -0.386 e. The molecule has 3 N–H and O–H groups in total. The molecule has 4 aliphatic heterocycles. The largest absolute Gasteiger partial charge is 0.418 e. The maximum atomic E-state index is 14.0. The van der Waals surface area contributed by atoms with E-state index >= 15 is 0 Å². The Kier molecular flexibility index (Phi) is 12.2. The van der Waals surface area contributed by atoms with Gasteiger partial charge in [0, 0.05) is 62.7 Å². The Labute approximate surface area is 295 Å². The molecule has 0 saturated carbocycles. The molecule has 0 spiro atoms. The van der Waals surface area contributed by atoms with Gasteiger partial charge in [-0.2, -0.15) is 13.2 Å². The molecule has 15 heteroatoms. The van der Waals surface area contributed by atoms with E-state index in [0.29, 0.717) is 51.6 Å². The summed E-state index contributed by atoms with van der Waals surface area (Å²) in [6.45, 7) is 8.44. The van der Waals surface area contributed by atoms with Crippen LogP contribution >= 0.6 is 22.9 Å². The highest BCUT2D eigenvalue weighted by atomic mass is 35.5. The van der Waals surface area contributed by atoms with Crippen molar-refractivity contribution in [3.63, 3.8) is 0 Å². The normalized spacial score (nSPS) is 19.9. The van der Waals surface area contributed by atoms with Crippen molar-refractivity contribution in [1.82, 2.24) is 24.9 Å². The first-order valence-corrected chi connectivity index (χ1v) is 18.6. The number of carbonyl (C=O) groups excluding carboxylic acids is 3. The smallest absolute Gasteiger partial charge is 0.386 e. The third kappa shape index (κ3) is 8.57. The molecular formula is C34H47ClF3N7O3S. The molecule has 0 radical (unpaired) electrons. The molecule has 3 fully saturated rings. The zero-order chi connectivity index (χ0) is 35.3. The maximum Gasteiger partial charge on any atom is 0.418 e. The Hall–Kier alpha value is -3.23. The summed E-state index contributed by atoms with van der Waals surface area (Å²) in [7, 11) is 1.37. The highest BCUT2D eigenvalue weighted by Crippen LogP contribution is 2.40. The van der Waals surface area contributed by atoms with Crippen molar-refractivity contribution in [1.29, 1.82) is 0 Å². The molecule has 1 atom stereocenters. The van der Waals surface area contributed by atoms with Crippen molar-refractivity contribution in [2.75, 3.05) is 56.9 Å². The average molecular weight is 726 g/mol. The number of benzene rings is 1. The van der Waals surface area contributed by atoms with Gasteiger partial charge in [0.15, 0.2) is 0 Å².